The van der Waals surface area contributed by atoms with Crippen LogP contribution < -0.4 is 5.32 Å². The number of aryl methyl sites for hydroxylation is 2. The minimum Gasteiger partial charge on any atom is -0.341 e. The number of fused-ring (bicyclic) bond motifs is 2. The van der Waals surface area contributed by atoms with Crippen LogP contribution in [0.4, 0.5) is 0 Å². The number of imidazole rings is 1. The number of nitrogens with zero attached hydrogens (tertiary/aromatic N) is 5. The number of ketones is 1. The first-order valence-corrected chi connectivity index (χ1v) is 16.1. The monoisotopic (exact) mass is 650 g/mol. The minimum atomic E-state index is -0.533. The zero-order chi connectivity index (χ0) is 30.6. The Bertz CT molecular complexity index is 1960. The Morgan fingerprint density at radius 1 is 0.977 bits per heavy atom. The molecule has 0 bridgehead atoms. The van der Waals surface area contributed by atoms with Gasteiger partial charge in [0, 0.05) is 43.0 Å². The van der Waals surface area contributed by atoms with Gasteiger partial charge in [-0.1, -0.05) is 31.1 Å². The van der Waals surface area contributed by atoms with Crippen LogP contribution in [0.5, 0.6) is 0 Å². The van der Waals surface area contributed by atoms with Crippen LogP contribution in [0, 0.1) is 0 Å². The van der Waals surface area contributed by atoms with Crippen molar-refractivity contribution in [3.63, 3.8) is 0 Å². The standard InChI is InChI=1S/C35H35BrN6O2/c1-21(43)9-10-22-11-14-27-29(17-22)42(3)34(39-27)35(15-6-16-35)40-33(44)24-12-13-26-28(18-24)41(2)31(30(26)23-7-4-5-8-23)32-37-19-25(36)20-38-32/h9-14,17-20,23H,4-8,15-16H2,1-3H3,(H,40,44)/b10-9+. The van der Waals surface area contributed by atoms with Gasteiger partial charge in [-0.05, 0) is 102 Å². The maximum absolute atomic E-state index is 13.9. The second-order valence-corrected chi connectivity index (χ2v) is 13.3. The van der Waals surface area contributed by atoms with E-state index in [1.54, 1.807) is 25.4 Å². The zero-order valence-corrected chi connectivity index (χ0v) is 26.8. The Hall–Kier alpha value is -4.11. The summed E-state index contributed by atoms with van der Waals surface area (Å²) in [6.07, 6.45) is 14.4. The maximum atomic E-state index is 13.9. The zero-order valence-electron chi connectivity index (χ0n) is 25.2. The topological polar surface area (TPSA) is 94.7 Å². The molecule has 0 atom stereocenters. The molecule has 9 heteroatoms. The summed E-state index contributed by atoms with van der Waals surface area (Å²) in [6.45, 7) is 1.54. The molecule has 2 aliphatic carbocycles. The fourth-order valence-electron chi connectivity index (χ4n) is 7.12. The van der Waals surface area contributed by atoms with E-state index in [1.807, 2.05) is 43.5 Å². The highest BCUT2D eigenvalue weighted by Crippen LogP contribution is 2.45. The van der Waals surface area contributed by atoms with E-state index in [-0.39, 0.29) is 11.7 Å². The van der Waals surface area contributed by atoms with Gasteiger partial charge in [-0.25, -0.2) is 15.0 Å². The first-order chi connectivity index (χ1) is 21.2. The second-order valence-electron chi connectivity index (χ2n) is 12.3. The van der Waals surface area contributed by atoms with Gasteiger partial charge < -0.3 is 14.5 Å². The summed E-state index contributed by atoms with van der Waals surface area (Å²) in [5.74, 6) is 1.92. The predicted octanol–water partition coefficient (Wildman–Crippen LogP) is 7.35. The molecule has 0 radical (unpaired) electrons. The number of hydrogen-bond acceptors (Lipinski definition) is 5. The van der Waals surface area contributed by atoms with E-state index in [0.717, 1.165) is 70.2 Å². The molecule has 44 heavy (non-hydrogen) atoms. The van der Waals surface area contributed by atoms with E-state index < -0.39 is 5.54 Å². The number of carbonyl (C=O) groups excluding carboxylic acids is 2. The molecule has 0 aliphatic heterocycles. The number of amides is 1. The first kappa shape index (κ1) is 28.6. The number of halogens is 1. The molecule has 2 aliphatic rings. The van der Waals surface area contributed by atoms with Crippen molar-refractivity contribution in [1.82, 2.24) is 29.4 Å². The summed E-state index contributed by atoms with van der Waals surface area (Å²) in [6, 6.07) is 12.1. The minimum absolute atomic E-state index is 0.00749. The van der Waals surface area contributed by atoms with Crippen molar-refractivity contribution in [2.24, 2.45) is 14.1 Å². The molecular weight excluding hydrogens is 616 g/mol. The molecular formula is C35H35BrN6O2. The van der Waals surface area contributed by atoms with E-state index in [9.17, 15) is 9.59 Å². The van der Waals surface area contributed by atoms with Crippen molar-refractivity contribution in [1.29, 1.82) is 0 Å². The number of hydrogen-bond donors (Lipinski definition) is 1. The molecule has 2 aromatic carbocycles. The molecule has 1 N–H and O–H groups in total. The van der Waals surface area contributed by atoms with Gasteiger partial charge in [-0.3, -0.25) is 9.59 Å². The van der Waals surface area contributed by atoms with Gasteiger partial charge in [0.05, 0.1) is 26.7 Å². The van der Waals surface area contributed by atoms with Crippen LogP contribution in [0.1, 0.15) is 85.1 Å². The van der Waals surface area contributed by atoms with Crippen LogP contribution in [-0.4, -0.2) is 35.8 Å². The van der Waals surface area contributed by atoms with Crippen LogP contribution in [0.3, 0.4) is 0 Å². The number of allylic oxidation sites excluding steroid dienone is 1. The number of carbonyl (C=O) groups is 2. The molecule has 0 saturated heterocycles. The number of benzene rings is 2. The highest BCUT2D eigenvalue weighted by Gasteiger charge is 2.44. The van der Waals surface area contributed by atoms with Gasteiger partial charge in [0.15, 0.2) is 11.6 Å². The van der Waals surface area contributed by atoms with Gasteiger partial charge in [-0.15, -0.1) is 0 Å². The Morgan fingerprint density at radius 3 is 2.41 bits per heavy atom. The third-order valence-electron chi connectivity index (χ3n) is 9.50. The van der Waals surface area contributed by atoms with Gasteiger partial charge in [0.1, 0.15) is 5.82 Å². The molecule has 7 rings (SSSR count). The van der Waals surface area contributed by atoms with Gasteiger partial charge in [-0.2, -0.15) is 0 Å². The lowest BCUT2D eigenvalue weighted by Gasteiger charge is -2.41. The third kappa shape index (κ3) is 4.87. The summed E-state index contributed by atoms with van der Waals surface area (Å²) >= 11 is 3.47. The fraction of sp³-hybridized carbons (Fsp3) is 0.343. The molecule has 2 fully saturated rings. The van der Waals surface area contributed by atoms with Crippen LogP contribution in [0.2, 0.25) is 0 Å². The quantitative estimate of drug-likeness (QED) is 0.186. The molecule has 3 aromatic heterocycles. The Labute approximate surface area is 264 Å². The Balaban J connectivity index is 1.24. The lowest BCUT2D eigenvalue weighted by molar-refractivity contribution is -0.112. The number of nitrogens with one attached hydrogen (secondary N) is 1. The van der Waals surface area contributed by atoms with Crippen LogP contribution in [-0.2, 0) is 24.4 Å². The average Bonchev–Trinajstić information content (AvgIpc) is 3.71. The predicted molar refractivity (Wildman–Crippen MR) is 176 cm³/mol. The van der Waals surface area contributed by atoms with Crippen molar-refractivity contribution in [3.8, 4) is 11.5 Å². The normalized spacial score (nSPS) is 16.6. The van der Waals surface area contributed by atoms with Crippen molar-refractivity contribution >= 4 is 55.6 Å². The third-order valence-corrected chi connectivity index (χ3v) is 9.91. The molecule has 3 heterocycles. The smallest absolute Gasteiger partial charge is 0.252 e. The van der Waals surface area contributed by atoms with Crippen molar-refractivity contribution in [2.45, 2.75) is 63.3 Å². The highest BCUT2D eigenvalue weighted by molar-refractivity contribution is 9.10. The van der Waals surface area contributed by atoms with E-state index in [0.29, 0.717) is 17.3 Å². The van der Waals surface area contributed by atoms with Crippen LogP contribution in [0.15, 0.2) is 59.3 Å². The van der Waals surface area contributed by atoms with E-state index in [4.69, 9.17) is 4.98 Å². The number of rotatable bonds is 7. The summed E-state index contributed by atoms with van der Waals surface area (Å²) in [5, 5.41) is 4.56. The molecule has 0 spiro atoms. The van der Waals surface area contributed by atoms with Gasteiger partial charge >= 0.3 is 0 Å². The Morgan fingerprint density at radius 2 is 1.73 bits per heavy atom. The molecule has 1 amide bonds. The largest absolute Gasteiger partial charge is 0.341 e. The molecule has 224 valence electrons. The summed E-state index contributed by atoms with van der Waals surface area (Å²) in [4.78, 5) is 39.7. The van der Waals surface area contributed by atoms with Gasteiger partial charge in [0.2, 0.25) is 0 Å². The van der Waals surface area contributed by atoms with Crippen molar-refractivity contribution in [3.05, 3.63) is 81.9 Å². The maximum Gasteiger partial charge on any atom is 0.252 e. The van der Waals surface area contributed by atoms with Crippen LogP contribution >= 0.6 is 15.9 Å². The highest BCUT2D eigenvalue weighted by atomic mass is 79.9. The molecule has 0 unspecified atom stereocenters. The molecule has 5 aromatic rings. The van der Waals surface area contributed by atoms with Crippen molar-refractivity contribution in [2.75, 3.05) is 0 Å². The second kappa shape index (κ2) is 11.1. The summed E-state index contributed by atoms with van der Waals surface area (Å²) < 4.78 is 5.09. The number of aromatic nitrogens is 5. The Kier molecular flexibility index (Phi) is 7.23. The van der Waals surface area contributed by atoms with E-state index in [2.05, 4.69) is 53.5 Å². The average molecular weight is 652 g/mol. The van der Waals surface area contributed by atoms with E-state index in [1.165, 1.54) is 23.8 Å². The lowest BCUT2D eigenvalue weighted by atomic mass is 9.75. The first-order valence-electron chi connectivity index (χ1n) is 15.3. The van der Waals surface area contributed by atoms with Gasteiger partial charge in [0.25, 0.3) is 5.91 Å². The molecule has 2 saturated carbocycles. The van der Waals surface area contributed by atoms with Crippen LogP contribution in [0.25, 0.3) is 39.5 Å². The molecule has 8 nitrogen and oxygen atoms in total. The van der Waals surface area contributed by atoms with Crippen molar-refractivity contribution < 1.29 is 9.59 Å². The van der Waals surface area contributed by atoms with E-state index >= 15 is 0 Å². The fourth-order valence-corrected chi connectivity index (χ4v) is 7.32. The summed E-state index contributed by atoms with van der Waals surface area (Å²) in [5.41, 5.74) is 6.21. The lowest BCUT2D eigenvalue weighted by Crippen LogP contribution is -2.52. The summed E-state index contributed by atoms with van der Waals surface area (Å²) in [7, 11) is 4.05. The SMILES string of the molecule is CC(=O)/C=C/c1ccc2nc(C3(NC(=O)c4ccc5c(C6CCCC6)c(-c6ncc(Br)cn6)n(C)c5c4)CCC3)n(C)c2c1.